The lowest BCUT2D eigenvalue weighted by Crippen LogP contribution is -2.48. The summed E-state index contributed by atoms with van der Waals surface area (Å²) in [5, 5.41) is 1.39. The van der Waals surface area contributed by atoms with Crippen LogP contribution in [-0.2, 0) is 4.84 Å². The lowest BCUT2D eigenvalue weighted by atomic mass is 9.51. The van der Waals surface area contributed by atoms with Crippen LogP contribution in [0.25, 0.3) is 11.1 Å². The summed E-state index contributed by atoms with van der Waals surface area (Å²) in [6, 6.07) is 15.3. The highest BCUT2D eigenvalue weighted by atomic mass is 16.7. The third kappa shape index (κ3) is 3.90. The van der Waals surface area contributed by atoms with E-state index in [1.54, 1.807) is 32.3 Å². The third-order valence-electron chi connectivity index (χ3n) is 7.80. The van der Waals surface area contributed by atoms with Crippen molar-refractivity contribution < 1.29 is 18.8 Å². The first kappa shape index (κ1) is 20.7. The maximum atomic E-state index is 12.3. The van der Waals surface area contributed by atoms with Crippen LogP contribution in [0.2, 0.25) is 0 Å². The van der Waals surface area contributed by atoms with Crippen LogP contribution in [0.3, 0.4) is 0 Å². The van der Waals surface area contributed by atoms with Crippen LogP contribution in [0.5, 0.6) is 5.75 Å². The predicted molar refractivity (Wildman–Crippen MR) is 123 cm³/mol. The number of hydrogen-bond acceptors (Lipinski definition) is 6. The van der Waals surface area contributed by atoms with E-state index in [2.05, 4.69) is 0 Å². The Morgan fingerprint density at radius 2 is 1.70 bits per heavy atom. The van der Waals surface area contributed by atoms with Crippen molar-refractivity contribution in [3.8, 4) is 5.75 Å². The van der Waals surface area contributed by atoms with Crippen molar-refractivity contribution in [1.82, 2.24) is 10.0 Å². The number of nitrogens with zero attached hydrogens (tertiary/aromatic N) is 2. The molecule has 1 atom stereocenters. The number of carbonyl (C=O) groups is 1. The summed E-state index contributed by atoms with van der Waals surface area (Å²) in [6.07, 6.45) is 6.38. The first-order valence-electron chi connectivity index (χ1n) is 12.1. The highest BCUT2D eigenvalue weighted by Gasteiger charge is 2.52. The molecule has 33 heavy (non-hydrogen) atoms. The molecule has 6 heteroatoms. The van der Waals surface area contributed by atoms with E-state index in [1.807, 2.05) is 30.3 Å². The normalized spacial score (nSPS) is 28.9. The SMILES string of the molecule is CN(C)OC(=O)c1ccc2oc(C(Oc3ccccc3)C3C4CC5CC(C4)CC3C5)nc2c1. The Morgan fingerprint density at radius 3 is 2.36 bits per heavy atom. The Balaban J connectivity index is 1.36. The molecule has 0 saturated heterocycles. The van der Waals surface area contributed by atoms with E-state index in [-0.39, 0.29) is 6.10 Å². The molecule has 0 N–H and O–H groups in total. The molecular weight excluding hydrogens is 416 g/mol. The zero-order chi connectivity index (χ0) is 22.5. The van der Waals surface area contributed by atoms with Gasteiger partial charge in [0.25, 0.3) is 0 Å². The van der Waals surface area contributed by atoms with Crippen LogP contribution in [0.15, 0.2) is 52.9 Å². The number of aromatic nitrogens is 1. The van der Waals surface area contributed by atoms with E-state index >= 15 is 0 Å². The number of hydrogen-bond donors (Lipinski definition) is 0. The quantitative estimate of drug-likeness (QED) is 0.456. The first-order chi connectivity index (χ1) is 16.0. The minimum atomic E-state index is -0.412. The van der Waals surface area contributed by atoms with Gasteiger partial charge < -0.3 is 14.0 Å². The van der Waals surface area contributed by atoms with Crippen molar-refractivity contribution in [1.29, 1.82) is 0 Å². The molecule has 1 unspecified atom stereocenters. The number of rotatable bonds is 6. The monoisotopic (exact) mass is 446 g/mol. The van der Waals surface area contributed by atoms with Crippen molar-refractivity contribution in [2.45, 2.75) is 38.2 Å². The smallest absolute Gasteiger partial charge is 0.357 e. The molecule has 4 saturated carbocycles. The van der Waals surface area contributed by atoms with Gasteiger partial charge in [0, 0.05) is 20.0 Å². The molecule has 3 aromatic rings. The van der Waals surface area contributed by atoms with Crippen LogP contribution in [0.4, 0.5) is 0 Å². The molecule has 6 nitrogen and oxygen atoms in total. The maximum Gasteiger partial charge on any atom is 0.357 e. The lowest BCUT2D eigenvalue weighted by Gasteiger charge is -2.55. The molecule has 0 radical (unpaired) electrons. The standard InChI is InChI=1S/C27H30N2O4/c1-29(2)33-27(30)18-8-9-23-22(15-18)28-26(32-23)25(31-21-6-4-3-5-7-21)24-19-11-16-10-17(13-19)14-20(24)12-16/h3-9,15-17,19-20,24-25H,10-14H2,1-2H3. The van der Waals surface area contributed by atoms with Gasteiger partial charge >= 0.3 is 5.97 Å². The van der Waals surface area contributed by atoms with E-state index in [9.17, 15) is 4.79 Å². The van der Waals surface area contributed by atoms with Crippen LogP contribution < -0.4 is 4.74 Å². The molecule has 7 rings (SSSR count). The molecule has 4 fully saturated rings. The third-order valence-corrected chi connectivity index (χ3v) is 7.80. The first-order valence-corrected chi connectivity index (χ1v) is 12.1. The molecule has 4 bridgehead atoms. The molecule has 0 spiro atoms. The second kappa shape index (κ2) is 8.17. The van der Waals surface area contributed by atoms with Crippen LogP contribution in [0.1, 0.15) is 54.5 Å². The summed E-state index contributed by atoms with van der Waals surface area (Å²) in [6.45, 7) is 0. The van der Waals surface area contributed by atoms with Gasteiger partial charge in [-0.05, 0) is 86.1 Å². The molecule has 172 valence electrons. The van der Waals surface area contributed by atoms with Gasteiger partial charge in [0.2, 0.25) is 5.89 Å². The fraction of sp³-hybridized carbons (Fsp3) is 0.481. The van der Waals surface area contributed by atoms with Crippen LogP contribution >= 0.6 is 0 Å². The van der Waals surface area contributed by atoms with Crippen LogP contribution in [-0.4, -0.2) is 30.1 Å². The Kier molecular flexibility index (Phi) is 5.13. The second-order valence-corrected chi connectivity index (χ2v) is 10.3. The van der Waals surface area contributed by atoms with Gasteiger partial charge in [-0.25, -0.2) is 9.78 Å². The van der Waals surface area contributed by atoms with Gasteiger partial charge in [0.15, 0.2) is 11.7 Å². The zero-order valence-corrected chi connectivity index (χ0v) is 19.1. The molecule has 2 aromatic carbocycles. The van der Waals surface area contributed by atoms with Gasteiger partial charge in [-0.15, -0.1) is 5.06 Å². The molecule has 1 aromatic heterocycles. The Hall–Kier alpha value is -2.86. The number of fused-ring (bicyclic) bond motifs is 1. The van der Waals surface area contributed by atoms with E-state index in [0.29, 0.717) is 40.3 Å². The zero-order valence-electron chi connectivity index (χ0n) is 19.1. The average Bonchev–Trinajstić information content (AvgIpc) is 3.21. The Labute approximate surface area is 193 Å². The number of para-hydroxylation sites is 1. The van der Waals surface area contributed by atoms with Gasteiger partial charge in [-0.3, -0.25) is 0 Å². The van der Waals surface area contributed by atoms with Crippen molar-refractivity contribution in [2.24, 2.45) is 29.6 Å². The average molecular weight is 447 g/mol. The minimum Gasteiger partial charge on any atom is -0.480 e. The number of carbonyl (C=O) groups excluding carboxylic acids is 1. The van der Waals surface area contributed by atoms with Gasteiger partial charge in [0.05, 0.1) is 5.56 Å². The summed E-state index contributed by atoms with van der Waals surface area (Å²) in [5.41, 5.74) is 1.77. The summed E-state index contributed by atoms with van der Waals surface area (Å²) < 4.78 is 12.9. The molecule has 4 aliphatic carbocycles. The Bertz CT molecular complexity index is 1130. The van der Waals surface area contributed by atoms with Crippen molar-refractivity contribution in [3.63, 3.8) is 0 Å². The molecule has 1 heterocycles. The summed E-state index contributed by atoms with van der Waals surface area (Å²) in [5.74, 6) is 4.54. The summed E-state index contributed by atoms with van der Waals surface area (Å²) in [7, 11) is 3.36. The predicted octanol–water partition coefficient (Wildman–Crippen LogP) is 5.65. The topological polar surface area (TPSA) is 64.8 Å². The van der Waals surface area contributed by atoms with E-state index in [4.69, 9.17) is 19.0 Å². The van der Waals surface area contributed by atoms with E-state index < -0.39 is 5.97 Å². The maximum absolute atomic E-state index is 12.3. The van der Waals surface area contributed by atoms with Crippen molar-refractivity contribution in [2.75, 3.05) is 14.1 Å². The number of ether oxygens (including phenoxy) is 1. The molecule has 0 amide bonds. The van der Waals surface area contributed by atoms with Gasteiger partial charge in [-0.2, -0.15) is 0 Å². The van der Waals surface area contributed by atoms with Gasteiger partial charge in [0.1, 0.15) is 11.3 Å². The number of oxazole rings is 1. The number of benzene rings is 2. The largest absolute Gasteiger partial charge is 0.480 e. The number of hydroxylamine groups is 2. The summed E-state index contributed by atoms with van der Waals surface area (Å²) >= 11 is 0. The van der Waals surface area contributed by atoms with Gasteiger partial charge in [-0.1, -0.05) is 18.2 Å². The minimum absolute atomic E-state index is 0.230. The highest BCUT2D eigenvalue weighted by Crippen LogP contribution is 2.60. The lowest BCUT2D eigenvalue weighted by molar-refractivity contribution is -0.0891. The molecule has 4 aliphatic rings. The fourth-order valence-corrected chi connectivity index (χ4v) is 6.81. The van der Waals surface area contributed by atoms with Crippen molar-refractivity contribution >= 4 is 17.1 Å². The van der Waals surface area contributed by atoms with Crippen molar-refractivity contribution in [3.05, 3.63) is 60.0 Å². The summed E-state index contributed by atoms with van der Waals surface area (Å²) in [4.78, 5) is 22.4. The molecular formula is C27H30N2O4. The van der Waals surface area contributed by atoms with E-state index in [0.717, 1.165) is 17.6 Å². The van der Waals surface area contributed by atoms with E-state index in [1.165, 1.54) is 37.2 Å². The Morgan fingerprint density at radius 1 is 1.00 bits per heavy atom. The fourth-order valence-electron chi connectivity index (χ4n) is 6.81. The highest BCUT2D eigenvalue weighted by molar-refractivity contribution is 5.93. The van der Waals surface area contributed by atoms with Crippen LogP contribution in [0, 0.1) is 29.6 Å². The molecule has 0 aliphatic heterocycles. The second-order valence-electron chi connectivity index (χ2n) is 10.3.